The van der Waals surface area contributed by atoms with Crippen LogP contribution in [0, 0.1) is 5.92 Å². The Labute approximate surface area is 252 Å². The molecule has 2 atom stereocenters. The largest absolute Gasteiger partial charge is 0.488 e. The Balaban J connectivity index is 1.49. The number of nitrogens with one attached hydrogen (secondary N) is 1. The number of hydrogen-bond acceptors (Lipinski definition) is 6. The van der Waals surface area contributed by atoms with Gasteiger partial charge in [0.25, 0.3) is 0 Å². The summed E-state index contributed by atoms with van der Waals surface area (Å²) in [5.74, 6) is -0.442. The predicted octanol–water partition coefficient (Wildman–Crippen LogP) is 6.87. The highest BCUT2D eigenvalue weighted by Gasteiger charge is 2.45. The summed E-state index contributed by atoms with van der Waals surface area (Å²) in [6.45, 7) is 5.76. The Kier molecular flexibility index (Phi) is 10.3. The highest BCUT2D eigenvalue weighted by molar-refractivity contribution is 5.82. The van der Waals surface area contributed by atoms with Gasteiger partial charge in [-0.1, -0.05) is 36.4 Å². The Morgan fingerprint density at radius 1 is 0.977 bits per heavy atom. The molecule has 1 aliphatic heterocycles. The molecule has 0 bridgehead atoms. The fourth-order valence-corrected chi connectivity index (χ4v) is 6.38. The van der Waals surface area contributed by atoms with Crippen molar-refractivity contribution < 1.29 is 37.0 Å². The van der Waals surface area contributed by atoms with Gasteiger partial charge in [-0.05, 0) is 94.5 Å². The maximum absolute atomic E-state index is 14.5. The number of hydrogen-bond donors (Lipinski definition) is 1. The molecular weight excluding hydrogens is 561 g/mol. The van der Waals surface area contributed by atoms with Gasteiger partial charge in [-0.15, -0.1) is 0 Å². The molecule has 236 valence electrons. The van der Waals surface area contributed by atoms with E-state index in [-0.39, 0.29) is 30.2 Å². The van der Waals surface area contributed by atoms with Crippen LogP contribution in [-0.2, 0) is 33.4 Å². The zero-order valence-corrected chi connectivity index (χ0v) is 25.6. The lowest BCUT2D eigenvalue weighted by molar-refractivity contribution is -0.146. The number of carbonyl (C=O) groups excluding carboxylic acids is 2. The van der Waals surface area contributed by atoms with E-state index in [0.717, 1.165) is 32.2 Å². The van der Waals surface area contributed by atoms with Gasteiger partial charge in [0.1, 0.15) is 29.1 Å². The number of rotatable bonds is 8. The molecule has 1 amide bonds. The minimum atomic E-state index is -4.64. The molecular formula is C33H43F3N2O5. The molecule has 2 aliphatic rings. The zero-order valence-electron chi connectivity index (χ0n) is 25.6. The molecule has 1 saturated heterocycles. The number of halogens is 3. The minimum Gasteiger partial charge on any atom is -0.488 e. The summed E-state index contributed by atoms with van der Waals surface area (Å²) < 4.78 is 59.8. The van der Waals surface area contributed by atoms with E-state index in [1.165, 1.54) is 35.3 Å². The standard InChI is InChI=1S/C33H43F3N2O5/c1-32(2,3)43-31(40)38-20-25(18-27(38)30(39)41-5)42-28-12-8-10-23(29(28)33(34,35)36)17-21-13-15-22(16-14-21)26-11-7-6-9-24(26)19-37-4/h6-12,21-22,25,27,37H,13-20H2,1-5H3/t21-,22-,25-,27-/m0/s1. The van der Waals surface area contributed by atoms with Crippen molar-refractivity contribution in [3.05, 3.63) is 64.7 Å². The van der Waals surface area contributed by atoms with Crippen molar-refractivity contribution in [2.24, 2.45) is 5.92 Å². The number of amides is 1. The lowest BCUT2D eigenvalue weighted by atomic mass is 9.75. The molecule has 0 spiro atoms. The predicted molar refractivity (Wildman–Crippen MR) is 157 cm³/mol. The summed E-state index contributed by atoms with van der Waals surface area (Å²) in [5.41, 5.74) is 1.19. The number of likely N-dealkylation sites (tertiary alicyclic amines) is 1. The minimum absolute atomic E-state index is 0.00746. The lowest BCUT2D eigenvalue weighted by Crippen LogP contribution is -2.44. The van der Waals surface area contributed by atoms with Crippen LogP contribution in [-0.4, -0.2) is 55.4 Å². The van der Waals surface area contributed by atoms with Crippen molar-refractivity contribution >= 4 is 12.1 Å². The lowest BCUT2D eigenvalue weighted by Gasteiger charge is -2.31. The summed E-state index contributed by atoms with van der Waals surface area (Å²) in [6, 6.07) is 11.8. The number of carbonyl (C=O) groups is 2. The molecule has 1 heterocycles. The Hall–Kier alpha value is -3.27. The maximum Gasteiger partial charge on any atom is 0.420 e. The third-order valence-corrected chi connectivity index (χ3v) is 8.27. The van der Waals surface area contributed by atoms with E-state index in [2.05, 4.69) is 17.4 Å². The quantitative estimate of drug-likeness (QED) is 0.332. The second kappa shape index (κ2) is 13.6. The van der Waals surface area contributed by atoms with Gasteiger partial charge in [-0.2, -0.15) is 13.2 Å². The smallest absolute Gasteiger partial charge is 0.420 e. The van der Waals surface area contributed by atoms with Crippen molar-refractivity contribution in [3.8, 4) is 5.75 Å². The molecule has 2 aromatic carbocycles. The second-order valence-corrected chi connectivity index (χ2v) is 12.6. The summed E-state index contributed by atoms with van der Waals surface area (Å²) >= 11 is 0. The molecule has 1 aliphatic carbocycles. The van der Waals surface area contributed by atoms with E-state index in [1.807, 2.05) is 19.2 Å². The van der Waals surface area contributed by atoms with Crippen LogP contribution in [0.4, 0.5) is 18.0 Å². The average molecular weight is 605 g/mol. The molecule has 0 unspecified atom stereocenters. The van der Waals surface area contributed by atoms with Gasteiger partial charge >= 0.3 is 18.2 Å². The van der Waals surface area contributed by atoms with Crippen LogP contribution < -0.4 is 10.1 Å². The molecule has 7 nitrogen and oxygen atoms in total. The van der Waals surface area contributed by atoms with Crippen LogP contribution in [0.25, 0.3) is 0 Å². The molecule has 43 heavy (non-hydrogen) atoms. The Morgan fingerprint density at radius 2 is 1.65 bits per heavy atom. The van der Waals surface area contributed by atoms with E-state index in [0.29, 0.717) is 12.3 Å². The van der Waals surface area contributed by atoms with Gasteiger partial charge in [-0.25, -0.2) is 9.59 Å². The summed E-state index contributed by atoms with van der Waals surface area (Å²) in [6.07, 6.45) is -2.39. The van der Waals surface area contributed by atoms with Gasteiger partial charge in [0.2, 0.25) is 0 Å². The van der Waals surface area contributed by atoms with Gasteiger partial charge < -0.3 is 19.5 Å². The molecule has 2 aromatic rings. The van der Waals surface area contributed by atoms with Crippen molar-refractivity contribution in [2.75, 3.05) is 20.7 Å². The van der Waals surface area contributed by atoms with E-state index >= 15 is 0 Å². The van der Waals surface area contributed by atoms with Gasteiger partial charge in [0.05, 0.1) is 13.7 Å². The van der Waals surface area contributed by atoms with E-state index in [4.69, 9.17) is 14.2 Å². The van der Waals surface area contributed by atoms with Crippen molar-refractivity contribution in [3.63, 3.8) is 0 Å². The first-order valence-electron chi connectivity index (χ1n) is 15.0. The fourth-order valence-electron chi connectivity index (χ4n) is 6.38. The first kappa shape index (κ1) is 32.6. The fraction of sp³-hybridized carbons (Fsp3) is 0.576. The van der Waals surface area contributed by atoms with E-state index < -0.39 is 41.5 Å². The van der Waals surface area contributed by atoms with Gasteiger partial charge in [0.15, 0.2) is 0 Å². The summed E-state index contributed by atoms with van der Waals surface area (Å²) in [5, 5.41) is 3.22. The van der Waals surface area contributed by atoms with Gasteiger partial charge in [0, 0.05) is 13.0 Å². The van der Waals surface area contributed by atoms with Crippen molar-refractivity contribution in [2.45, 2.75) is 95.7 Å². The molecule has 0 aromatic heterocycles. The number of nitrogens with zero attached hydrogens (tertiary/aromatic N) is 1. The Morgan fingerprint density at radius 3 is 2.28 bits per heavy atom. The molecule has 4 rings (SSSR count). The van der Waals surface area contributed by atoms with E-state index in [9.17, 15) is 22.8 Å². The normalized spacial score (nSPS) is 22.7. The molecule has 0 radical (unpaired) electrons. The number of ether oxygens (including phenoxy) is 3. The van der Waals surface area contributed by atoms with Crippen LogP contribution in [0.3, 0.4) is 0 Å². The van der Waals surface area contributed by atoms with Crippen LogP contribution >= 0.6 is 0 Å². The first-order valence-corrected chi connectivity index (χ1v) is 15.0. The van der Waals surface area contributed by atoms with Crippen LogP contribution in [0.2, 0.25) is 0 Å². The topological polar surface area (TPSA) is 77.1 Å². The highest BCUT2D eigenvalue weighted by atomic mass is 19.4. The summed E-state index contributed by atoms with van der Waals surface area (Å²) in [7, 11) is 3.12. The number of benzene rings is 2. The monoisotopic (exact) mass is 604 g/mol. The third kappa shape index (κ3) is 8.22. The van der Waals surface area contributed by atoms with E-state index in [1.54, 1.807) is 26.8 Å². The van der Waals surface area contributed by atoms with Crippen molar-refractivity contribution in [1.29, 1.82) is 0 Å². The third-order valence-electron chi connectivity index (χ3n) is 8.27. The molecule has 1 N–H and O–H groups in total. The maximum atomic E-state index is 14.5. The Bertz CT molecular complexity index is 1270. The van der Waals surface area contributed by atoms with Gasteiger partial charge in [-0.3, -0.25) is 4.90 Å². The number of alkyl halides is 3. The zero-order chi connectivity index (χ0) is 31.4. The van der Waals surface area contributed by atoms with Crippen LogP contribution in [0.15, 0.2) is 42.5 Å². The van der Waals surface area contributed by atoms with Crippen LogP contribution in [0.1, 0.15) is 81.0 Å². The highest BCUT2D eigenvalue weighted by Crippen LogP contribution is 2.43. The molecule has 10 heteroatoms. The van der Waals surface area contributed by atoms with Crippen molar-refractivity contribution in [1.82, 2.24) is 10.2 Å². The van der Waals surface area contributed by atoms with Crippen LogP contribution in [0.5, 0.6) is 5.75 Å². The second-order valence-electron chi connectivity index (χ2n) is 12.6. The first-order chi connectivity index (χ1) is 20.3. The average Bonchev–Trinajstić information content (AvgIpc) is 3.36. The molecule has 2 fully saturated rings. The summed E-state index contributed by atoms with van der Waals surface area (Å²) in [4.78, 5) is 26.4. The number of esters is 1. The number of methoxy groups -OCH3 is 1. The molecule has 1 saturated carbocycles. The SMILES string of the molecule is CNCc1ccccc1[C@H]1CC[C@H](Cc2cccc(O[C@H]3C[C@@H](C(=O)OC)N(C(=O)OC(C)(C)C)C3)c2C(F)(F)F)CC1.